The zero-order valence-electron chi connectivity index (χ0n) is 24.8. The van der Waals surface area contributed by atoms with Crippen molar-refractivity contribution in [2.75, 3.05) is 18.0 Å². The lowest BCUT2D eigenvalue weighted by molar-refractivity contribution is -0.0890. The first-order valence-electron chi connectivity index (χ1n) is 15.5. The molecule has 2 saturated carbocycles. The van der Waals surface area contributed by atoms with Gasteiger partial charge in [0.15, 0.2) is 0 Å². The van der Waals surface area contributed by atoms with E-state index in [4.69, 9.17) is 16.3 Å². The predicted octanol–water partition coefficient (Wildman–Crippen LogP) is 5.96. The summed E-state index contributed by atoms with van der Waals surface area (Å²) in [5, 5.41) is 11.9. The summed E-state index contributed by atoms with van der Waals surface area (Å²) in [6, 6.07) is 11.1. The first-order chi connectivity index (χ1) is 20.0. The van der Waals surface area contributed by atoms with Gasteiger partial charge in [-0.1, -0.05) is 24.6 Å². The standard InChI is InChI=1S/C33H43ClN2O5S/c1-20-7-12-27-21(2)31(27)33(3,38)28-13-9-24(28)18-36-15-5-4-6-22-16-26(34)11-8-25(22)19-41-30-14-10-23(17-29(30)36)32(37)35-42(20,39)40/h8,10-11,14,16-17,20-21,24,27-28,31,38H,4-7,9,12-13,15,18-19H2,1-3H3,(H,35,37)/t20-,21+,24+,27-,28-,31-,33+/m1/s1. The number of amides is 1. The van der Waals surface area contributed by atoms with E-state index >= 15 is 0 Å². The second-order valence-corrected chi connectivity index (χ2v) is 15.9. The molecule has 7 atom stereocenters. The van der Waals surface area contributed by atoms with Crippen LogP contribution < -0.4 is 14.4 Å². The maximum Gasteiger partial charge on any atom is 0.264 e. The van der Waals surface area contributed by atoms with Gasteiger partial charge in [0, 0.05) is 23.7 Å². The fourth-order valence-electron chi connectivity index (χ4n) is 7.99. The van der Waals surface area contributed by atoms with Crippen LogP contribution in [0.3, 0.4) is 0 Å². The normalized spacial score (nSPS) is 34.7. The summed E-state index contributed by atoms with van der Waals surface area (Å²) in [6.07, 6.45) is 6.04. The second-order valence-electron chi connectivity index (χ2n) is 13.4. The zero-order valence-corrected chi connectivity index (χ0v) is 26.4. The van der Waals surface area contributed by atoms with E-state index in [-0.39, 0.29) is 11.8 Å². The van der Waals surface area contributed by atoms with Crippen molar-refractivity contribution in [3.8, 4) is 5.75 Å². The van der Waals surface area contributed by atoms with Gasteiger partial charge in [0.25, 0.3) is 5.91 Å². The molecule has 2 aliphatic carbocycles. The Labute approximate surface area is 255 Å². The third-order valence-electron chi connectivity index (χ3n) is 10.8. The van der Waals surface area contributed by atoms with Crippen molar-refractivity contribution in [2.24, 2.45) is 29.6 Å². The van der Waals surface area contributed by atoms with Crippen LogP contribution in [0.4, 0.5) is 5.69 Å². The first kappa shape index (κ1) is 29.8. The summed E-state index contributed by atoms with van der Waals surface area (Å²) in [5.74, 6) is 1.36. The molecular formula is C33H43ClN2O5S. The number of rotatable bonds is 0. The minimum Gasteiger partial charge on any atom is -0.487 e. The van der Waals surface area contributed by atoms with Crippen LogP contribution in [-0.4, -0.2) is 43.4 Å². The Bertz CT molecular complexity index is 1460. The number of carbonyl (C=O) groups excluding carboxylic acids is 1. The molecular weight excluding hydrogens is 572 g/mol. The lowest BCUT2D eigenvalue weighted by atomic mass is 9.63. The molecule has 2 aliphatic heterocycles. The number of ether oxygens (including phenoxy) is 1. The number of aliphatic hydroxyl groups is 1. The fraction of sp³-hybridized carbons (Fsp3) is 0.606. The van der Waals surface area contributed by atoms with Crippen molar-refractivity contribution in [2.45, 2.75) is 83.2 Å². The van der Waals surface area contributed by atoms with Gasteiger partial charge in [-0.15, -0.1) is 0 Å². The van der Waals surface area contributed by atoms with Gasteiger partial charge < -0.3 is 14.7 Å². The van der Waals surface area contributed by atoms with Crippen LogP contribution in [-0.2, 0) is 23.1 Å². The van der Waals surface area contributed by atoms with Crippen LogP contribution >= 0.6 is 11.6 Å². The molecule has 0 radical (unpaired) electrons. The number of halogens is 1. The lowest BCUT2D eigenvalue weighted by Crippen LogP contribution is -2.51. The van der Waals surface area contributed by atoms with Crippen LogP contribution in [0.1, 0.15) is 80.8 Å². The smallest absolute Gasteiger partial charge is 0.264 e. The van der Waals surface area contributed by atoms with Gasteiger partial charge in [-0.3, -0.25) is 4.79 Å². The average Bonchev–Trinajstić information content (AvgIpc) is 3.59. The van der Waals surface area contributed by atoms with Gasteiger partial charge in [-0.25, -0.2) is 13.1 Å². The molecule has 2 fully saturated rings. The summed E-state index contributed by atoms with van der Waals surface area (Å²) >= 11 is 6.32. The Morgan fingerprint density at radius 3 is 2.62 bits per heavy atom. The fourth-order valence-corrected chi connectivity index (χ4v) is 9.21. The van der Waals surface area contributed by atoms with Crippen molar-refractivity contribution >= 4 is 33.2 Å². The number of benzene rings is 2. The molecule has 2 bridgehead atoms. The lowest BCUT2D eigenvalue weighted by Gasteiger charge is -2.48. The van der Waals surface area contributed by atoms with E-state index in [1.54, 1.807) is 25.1 Å². The number of hydrogen-bond donors (Lipinski definition) is 2. The van der Waals surface area contributed by atoms with Gasteiger partial charge in [0.2, 0.25) is 10.0 Å². The van der Waals surface area contributed by atoms with E-state index in [0.717, 1.165) is 62.9 Å². The Morgan fingerprint density at radius 2 is 1.86 bits per heavy atom. The van der Waals surface area contributed by atoms with Crippen molar-refractivity contribution in [3.63, 3.8) is 0 Å². The van der Waals surface area contributed by atoms with E-state index in [1.807, 2.05) is 25.1 Å². The zero-order chi connectivity index (χ0) is 29.8. The van der Waals surface area contributed by atoms with Crippen LogP contribution in [0, 0.1) is 29.6 Å². The Balaban J connectivity index is 1.39. The predicted molar refractivity (Wildman–Crippen MR) is 165 cm³/mol. The topological polar surface area (TPSA) is 95.9 Å². The second kappa shape index (κ2) is 11.3. The van der Waals surface area contributed by atoms with Crippen LogP contribution in [0.25, 0.3) is 0 Å². The van der Waals surface area contributed by atoms with Crippen molar-refractivity contribution in [1.29, 1.82) is 0 Å². The molecule has 2 aromatic carbocycles. The number of nitrogens with zero attached hydrogens (tertiary/aromatic N) is 1. The quantitative estimate of drug-likeness (QED) is 0.380. The van der Waals surface area contributed by atoms with Gasteiger partial charge >= 0.3 is 0 Å². The van der Waals surface area contributed by atoms with Crippen molar-refractivity contribution < 1.29 is 23.1 Å². The van der Waals surface area contributed by atoms with E-state index in [9.17, 15) is 18.3 Å². The average molecular weight is 615 g/mol. The molecule has 2 N–H and O–H groups in total. The van der Waals surface area contributed by atoms with E-state index in [0.29, 0.717) is 47.1 Å². The third-order valence-corrected chi connectivity index (χ3v) is 12.8. The molecule has 6 rings (SSSR count). The van der Waals surface area contributed by atoms with Gasteiger partial charge in [-0.2, -0.15) is 0 Å². The monoisotopic (exact) mass is 614 g/mol. The largest absolute Gasteiger partial charge is 0.487 e. The Hall–Kier alpha value is -2.29. The molecule has 9 heteroatoms. The maximum absolute atomic E-state index is 13.3. The molecule has 2 heterocycles. The number of fused-ring (bicyclic) bond motifs is 4. The minimum atomic E-state index is -3.86. The number of carbonyl (C=O) groups is 1. The maximum atomic E-state index is 13.3. The molecule has 0 saturated heterocycles. The molecule has 7 nitrogen and oxygen atoms in total. The summed E-state index contributed by atoms with van der Waals surface area (Å²) in [6.45, 7) is 7.74. The van der Waals surface area contributed by atoms with E-state index in [1.165, 1.54) is 5.56 Å². The molecule has 2 aromatic rings. The molecule has 42 heavy (non-hydrogen) atoms. The highest BCUT2D eigenvalue weighted by molar-refractivity contribution is 7.90. The van der Waals surface area contributed by atoms with Crippen LogP contribution in [0.15, 0.2) is 36.4 Å². The molecule has 1 amide bonds. The molecule has 0 unspecified atom stereocenters. The molecule has 0 spiro atoms. The summed E-state index contributed by atoms with van der Waals surface area (Å²) in [5.41, 5.74) is 2.55. The third kappa shape index (κ3) is 5.67. The van der Waals surface area contributed by atoms with Crippen LogP contribution in [0.2, 0.25) is 5.02 Å². The summed E-state index contributed by atoms with van der Waals surface area (Å²) < 4.78 is 35.1. The summed E-state index contributed by atoms with van der Waals surface area (Å²) in [7, 11) is -3.86. The number of sulfonamides is 1. The van der Waals surface area contributed by atoms with Gasteiger partial charge in [0.1, 0.15) is 12.4 Å². The number of nitrogens with one attached hydrogen (secondary N) is 1. The first-order valence-corrected chi connectivity index (χ1v) is 17.5. The molecule has 0 aromatic heterocycles. The van der Waals surface area contributed by atoms with E-state index in [2.05, 4.69) is 16.5 Å². The van der Waals surface area contributed by atoms with Crippen molar-refractivity contribution in [3.05, 3.63) is 58.1 Å². The Morgan fingerprint density at radius 1 is 1.05 bits per heavy atom. The number of anilines is 1. The SMILES string of the molecule is C[C@H]1[C@H]2CC[C@@H](C)S(=O)(=O)NC(=O)c3ccc4c(c3)N(CCCCc3cc(Cl)ccc3CO4)C[C@@H]3CC[C@H]3[C@](C)(O)[C@H]12. The highest BCUT2D eigenvalue weighted by atomic mass is 35.5. The van der Waals surface area contributed by atoms with Gasteiger partial charge in [-0.05, 0) is 130 Å². The summed E-state index contributed by atoms with van der Waals surface area (Å²) in [4.78, 5) is 15.6. The molecule has 228 valence electrons. The molecule has 4 aliphatic rings. The number of hydrogen-bond acceptors (Lipinski definition) is 6. The minimum absolute atomic E-state index is 0.165. The Kier molecular flexibility index (Phi) is 8.03. The van der Waals surface area contributed by atoms with Crippen molar-refractivity contribution in [1.82, 2.24) is 4.72 Å². The van der Waals surface area contributed by atoms with E-state index < -0.39 is 26.8 Å². The highest BCUT2D eigenvalue weighted by Crippen LogP contribution is 2.60. The number of aryl methyl sites for hydroxylation is 1. The highest BCUT2D eigenvalue weighted by Gasteiger charge is 2.60. The van der Waals surface area contributed by atoms with Gasteiger partial charge in [0.05, 0.1) is 16.5 Å². The van der Waals surface area contributed by atoms with Crippen LogP contribution in [0.5, 0.6) is 5.75 Å².